The lowest BCUT2D eigenvalue weighted by Crippen LogP contribution is -1.97. The van der Waals surface area contributed by atoms with Gasteiger partial charge in [-0.1, -0.05) is 26.0 Å². The van der Waals surface area contributed by atoms with E-state index in [1.54, 1.807) is 13.1 Å². The lowest BCUT2D eigenvalue weighted by molar-refractivity contribution is 0.196. The number of benzene rings is 1. The van der Waals surface area contributed by atoms with Gasteiger partial charge in [0.1, 0.15) is 0 Å². The summed E-state index contributed by atoms with van der Waals surface area (Å²) >= 11 is 0. The molecule has 2 heteroatoms. The molecule has 0 aliphatic rings. The normalized spacial score (nSPS) is 13.3. The van der Waals surface area contributed by atoms with Crippen LogP contribution in [0.1, 0.15) is 44.1 Å². The van der Waals surface area contributed by atoms with E-state index in [4.69, 9.17) is 0 Å². The van der Waals surface area contributed by atoms with Crippen LogP contribution in [0, 0.1) is 0 Å². The van der Waals surface area contributed by atoms with Crippen LogP contribution < -0.4 is 0 Å². The number of rotatable bonds is 2. The maximum atomic E-state index is 9.69. The van der Waals surface area contributed by atoms with Crippen molar-refractivity contribution in [2.45, 2.75) is 32.8 Å². The van der Waals surface area contributed by atoms with Crippen molar-refractivity contribution in [3.63, 3.8) is 0 Å². The smallest absolute Gasteiger partial charge is 0.0938 e. The molecule has 1 aromatic carbocycles. The second-order valence-electron chi connectivity index (χ2n) is 4.51. The van der Waals surface area contributed by atoms with Gasteiger partial charge in [0, 0.05) is 11.6 Å². The van der Waals surface area contributed by atoms with Crippen molar-refractivity contribution in [1.29, 1.82) is 0 Å². The summed E-state index contributed by atoms with van der Waals surface area (Å²) in [6, 6.07) is 8.34. The Morgan fingerprint density at radius 1 is 1.12 bits per heavy atom. The highest BCUT2D eigenvalue weighted by Crippen LogP contribution is 2.25. The van der Waals surface area contributed by atoms with E-state index in [1.165, 1.54) is 5.56 Å². The molecule has 0 fully saturated rings. The third-order valence-corrected chi connectivity index (χ3v) is 2.88. The quantitative estimate of drug-likeness (QED) is 0.832. The lowest BCUT2D eigenvalue weighted by atomic mass is 9.98. The zero-order valence-electron chi connectivity index (χ0n) is 9.94. The number of fused-ring (bicyclic) bond motifs is 1. The zero-order chi connectivity index (χ0) is 11.7. The predicted octanol–water partition coefficient (Wildman–Crippen LogP) is 3.41. The van der Waals surface area contributed by atoms with E-state index in [9.17, 15) is 5.11 Å². The molecule has 2 aromatic rings. The van der Waals surface area contributed by atoms with Gasteiger partial charge >= 0.3 is 0 Å². The van der Waals surface area contributed by atoms with Crippen molar-refractivity contribution >= 4 is 10.8 Å². The summed E-state index contributed by atoms with van der Waals surface area (Å²) in [4.78, 5) is 4.26. The molecule has 1 aromatic heterocycles. The SMILES string of the molecule is CC(C)c1ccc2ccnc(C(C)O)c2c1. The number of hydrogen-bond donors (Lipinski definition) is 1. The van der Waals surface area contributed by atoms with Crippen molar-refractivity contribution < 1.29 is 5.11 Å². The molecule has 16 heavy (non-hydrogen) atoms. The van der Waals surface area contributed by atoms with Gasteiger partial charge in [0.2, 0.25) is 0 Å². The van der Waals surface area contributed by atoms with Crippen molar-refractivity contribution in [3.8, 4) is 0 Å². The van der Waals surface area contributed by atoms with Crippen LogP contribution in [-0.2, 0) is 0 Å². The van der Waals surface area contributed by atoms with E-state index in [0.717, 1.165) is 16.5 Å². The van der Waals surface area contributed by atoms with Crippen molar-refractivity contribution in [3.05, 3.63) is 41.7 Å². The molecule has 0 spiro atoms. The van der Waals surface area contributed by atoms with Crippen molar-refractivity contribution in [2.24, 2.45) is 0 Å². The van der Waals surface area contributed by atoms with Crippen LogP contribution in [0.5, 0.6) is 0 Å². The number of aliphatic hydroxyl groups is 1. The van der Waals surface area contributed by atoms with Gasteiger partial charge in [-0.25, -0.2) is 0 Å². The summed E-state index contributed by atoms with van der Waals surface area (Å²) in [5, 5.41) is 11.9. The van der Waals surface area contributed by atoms with Crippen molar-refractivity contribution in [2.75, 3.05) is 0 Å². The first-order valence-corrected chi connectivity index (χ1v) is 5.66. The molecular weight excluding hydrogens is 198 g/mol. The predicted molar refractivity (Wildman–Crippen MR) is 66.5 cm³/mol. The summed E-state index contributed by atoms with van der Waals surface area (Å²) in [5.41, 5.74) is 2.04. The monoisotopic (exact) mass is 215 g/mol. The number of nitrogens with zero attached hydrogens (tertiary/aromatic N) is 1. The highest BCUT2D eigenvalue weighted by molar-refractivity contribution is 5.85. The third-order valence-electron chi connectivity index (χ3n) is 2.88. The Balaban J connectivity index is 2.68. The van der Waals surface area contributed by atoms with E-state index in [-0.39, 0.29) is 0 Å². The average Bonchev–Trinajstić information content (AvgIpc) is 2.27. The van der Waals surface area contributed by atoms with Gasteiger partial charge in [-0.05, 0) is 35.9 Å². The third kappa shape index (κ3) is 1.93. The van der Waals surface area contributed by atoms with Crippen LogP contribution in [0.3, 0.4) is 0 Å². The fraction of sp³-hybridized carbons (Fsp3) is 0.357. The molecule has 1 unspecified atom stereocenters. The van der Waals surface area contributed by atoms with Gasteiger partial charge in [0.15, 0.2) is 0 Å². The molecule has 1 heterocycles. The Labute approximate surface area is 96.0 Å². The Hall–Kier alpha value is -1.41. The molecule has 0 bridgehead atoms. The van der Waals surface area contributed by atoms with Gasteiger partial charge in [0.25, 0.3) is 0 Å². The molecule has 0 saturated carbocycles. The first-order valence-electron chi connectivity index (χ1n) is 5.66. The number of aliphatic hydroxyl groups excluding tert-OH is 1. The standard InChI is InChI=1S/C14H17NO/c1-9(2)12-5-4-11-6-7-15-14(10(3)16)13(11)8-12/h4-10,16H,1-3H3. The Morgan fingerprint density at radius 3 is 2.50 bits per heavy atom. The molecule has 2 rings (SSSR count). The second kappa shape index (κ2) is 4.22. The molecule has 0 amide bonds. The maximum absolute atomic E-state index is 9.69. The summed E-state index contributed by atoms with van der Waals surface area (Å²) in [5.74, 6) is 0.492. The van der Waals surface area contributed by atoms with Gasteiger partial charge in [-0.3, -0.25) is 4.98 Å². The first kappa shape index (κ1) is 11.1. The van der Waals surface area contributed by atoms with Crippen LogP contribution in [0.2, 0.25) is 0 Å². The van der Waals surface area contributed by atoms with E-state index >= 15 is 0 Å². The minimum atomic E-state index is -0.522. The topological polar surface area (TPSA) is 33.1 Å². The first-order chi connectivity index (χ1) is 7.59. The lowest BCUT2D eigenvalue weighted by Gasteiger charge is -2.11. The van der Waals surface area contributed by atoms with Gasteiger partial charge in [0.05, 0.1) is 11.8 Å². The molecule has 1 atom stereocenters. The molecule has 0 saturated heterocycles. The second-order valence-corrected chi connectivity index (χ2v) is 4.51. The fourth-order valence-electron chi connectivity index (χ4n) is 1.90. The van der Waals surface area contributed by atoms with E-state index in [2.05, 4.69) is 37.0 Å². The highest BCUT2D eigenvalue weighted by atomic mass is 16.3. The van der Waals surface area contributed by atoms with Gasteiger partial charge in [-0.2, -0.15) is 0 Å². The number of aromatic nitrogens is 1. The summed E-state index contributed by atoms with van der Waals surface area (Å²) in [7, 11) is 0. The summed E-state index contributed by atoms with van der Waals surface area (Å²) < 4.78 is 0. The number of pyridine rings is 1. The van der Waals surface area contributed by atoms with Gasteiger partial charge < -0.3 is 5.11 Å². The molecule has 1 N–H and O–H groups in total. The fourth-order valence-corrected chi connectivity index (χ4v) is 1.90. The Morgan fingerprint density at radius 2 is 1.88 bits per heavy atom. The van der Waals surface area contributed by atoms with E-state index < -0.39 is 6.10 Å². The number of hydrogen-bond acceptors (Lipinski definition) is 2. The highest BCUT2D eigenvalue weighted by Gasteiger charge is 2.09. The molecular formula is C14H17NO. The van der Waals surface area contributed by atoms with Crippen LogP contribution in [-0.4, -0.2) is 10.1 Å². The molecule has 0 aliphatic heterocycles. The Kier molecular flexibility index (Phi) is 2.92. The Bertz CT molecular complexity index is 503. The molecule has 0 aliphatic carbocycles. The average molecular weight is 215 g/mol. The van der Waals surface area contributed by atoms with Crippen molar-refractivity contribution in [1.82, 2.24) is 4.98 Å². The largest absolute Gasteiger partial charge is 0.387 e. The zero-order valence-corrected chi connectivity index (χ0v) is 9.94. The summed E-state index contributed by atoms with van der Waals surface area (Å²) in [6.07, 6.45) is 1.23. The minimum Gasteiger partial charge on any atom is -0.387 e. The molecule has 0 radical (unpaired) electrons. The summed E-state index contributed by atoms with van der Waals surface area (Å²) in [6.45, 7) is 6.09. The van der Waals surface area contributed by atoms with Crippen LogP contribution in [0.25, 0.3) is 10.8 Å². The van der Waals surface area contributed by atoms with Crippen LogP contribution >= 0.6 is 0 Å². The van der Waals surface area contributed by atoms with Crippen LogP contribution in [0.4, 0.5) is 0 Å². The molecule has 2 nitrogen and oxygen atoms in total. The maximum Gasteiger partial charge on any atom is 0.0938 e. The van der Waals surface area contributed by atoms with E-state index in [0.29, 0.717) is 5.92 Å². The van der Waals surface area contributed by atoms with Gasteiger partial charge in [-0.15, -0.1) is 0 Å². The minimum absolute atomic E-state index is 0.492. The van der Waals surface area contributed by atoms with E-state index in [1.807, 2.05) is 6.07 Å². The van der Waals surface area contributed by atoms with Crippen LogP contribution in [0.15, 0.2) is 30.5 Å². The molecule has 84 valence electrons.